The topological polar surface area (TPSA) is 28.2 Å². The van der Waals surface area contributed by atoms with Gasteiger partial charge in [-0.1, -0.05) is 6.92 Å². The summed E-state index contributed by atoms with van der Waals surface area (Å²) < 4.78 is 1.06. The van der Waals surface area contributed by atoms with Gasteiger partial charge >= 0.3 is 0 Å². The largest absolute Gasteiger partial charge is 0.356 e. The predicted octanol–water partition coefficient (Wildman–Crippen LogP) is 2.55. The van der Waals surface area contributed by atoms with Crippen LogP contribution in [-0.4, -0.2) is 24.6 Å². The molecule has 1 aromatic heterocycles. The molecule has 0 saturated carbocycles. The van der Waals surface area contributed by atoms with Crippen LogP contribution in [0.3, 0.4) is 0 Å². The molecule has 1 fully saturated rings. The van der Waals surface area contributed by atoms with Crippen LogP contribution in [0.2, 0.25) is 0 Å². The van der Waals surface area contributed by atoms with Crippen LogP contribution < -0.4 is 10.2 Å². The van der Waals surface area contributed by atoms with Gasteiger partial charge in [0.25, 0.3) is 0 Å². The summed E-state index contributed by atoms with van der Waals surface area (Å²) in [5.74, 6) is 1.15. The fraction of sp³-hybridized carbons (Fsp3) is 0.583. The standard InChI is InChI=1S/C12H18BrN3/c1-2-14-8-10-7-11(13)9-15-12(10)16-5-3-4-6-16/h7,9,14H,2-6,8H2,1H3. The number of hydrogen-bond acceptors (Lipinski definition) is 3. The first-order chi connectivity index (χ1) is 7.81. The van der Waals surface area contributed by atoms with Crippen molar-refractivity contribution < 1.29 is 0 Å². The molecule has 0 unspecified atom stereocenters. The zero-order valence-electron chi connectivity index (χ0n) is 9.67. The molecule has 3 nitrogen and oxygen atoms in total. The second kappa shape index (κ2) is 5.64. The Hall–Kier alpha value is -0.610. The Balaban J connectivity index is 2.20. The first-order valence-electron chi connectivity index (χ1n) is 5.91. The molecule has 0 radical (unpaired) electrons. The van der Waals surface area contributed by atoms with Gasteiger partial charge in [0.2, 0.25) is 0 Å². The maximum atomic E-state index is 4.55. The zero-order chi connectivity index (χ0) is 11.4. The number of aromatic nitrogens is 1. The maximum absolute atomic E-state index is 4.55. The van der Waals surface area contributed by atoms with Crippen LogP contribution in [0.15, 0.2) is 16.7 Å². The lowest BCUT2D eigenvalue weighted by molar-refractivity contribution is 0.720. The molecule has 0 bridgehead atoms. The third-order valence-corrected chi connectivity index (χ3v) is 3.31. The minimum absolute atomic E-state index is 0.898. The van der Waals surface area contributed by atoms with Crippen molar-refractivity contribution in [3.05, 3.63) is 22.3 Å². The summed E-state index contributed by atoms with van der Waals surface area (Å²) >= 11 is 3.49. The average Bonchev–Trinajstić information content (AvgIpc) is 2.80. The Morgan fingerprint density at radius 3 is 2.88 bits per heavy atom. The van der Waals surface area contributed by atoms with E-state index in [1.807, 2.05) is 6.20 Å². The van der Waals surface area contributed by atoms with Crippen LogP contribution in [0.1, 0.15) is 25.3 Å². The van der Waals surface area contributed by atoms with Crippen molar-refractivity contribution in [1.29, 1.82) is 0 Å². The molecule has 1 aromatic rings. The normalized spacial score (nSPS) is 15.8. The minimum atomic E-state index is 0.898. The van der Waals surface area contributed by atoms with E-state index in [9.17, 15) is 0 Å². The third kappa shape index (κ3) is 2.74. The second-order valence-corrected chi connectivity index (χ2v) is 5.03. The second-order valence-electron chi connectivity index (χ2n) is 4.11. The highest BCUT2D eigenvalue weighted by Crippen LogP contribution is 2.24. The fourth-order valence-electron chi connectivity index (χ4n) is 2.08. The number of halogens is 1. The monoisotopic (exact) mass is 283 g/mol. The van der Waals surface area contributed by atoms with Gasteiger partial charge in [0.15, 0.2) is 0 Å². The molecule has 1 aliphatic rings. The van der Waals surface area contributed by atoms with Gasteiger partial charge in [0.05, 0.1) is 0 Å². The van der Waals surface area contributed by atoms with Crippen molar-refractivity contribution in [2.45, 2.75) is 26.3 Å². The molecular weight excluding hydrogens is 266 g/mol. The SMILES string of the molecule is CCNCc1cc(Br)cnc1N1CCCC1. The Morgan fingerprint density at radius 1 is 1.44 bits per heavy atom. The summed E-state index contributed by atoms with van der Waals surface area (Å²) in [5, 5.41) is 3.37. The van der Waals surface area contributed by atoms with Crippen LogP contribution >= 0.6 is 15.9 Å². The molecule has 1 aliphatic heterocycles. The van der Waals surface area contributed by atoms with Gasteiger partial charge in [-0.15, -0.1) is 0 Å². The first kappa shape index (κ1) is 11.9. The molecule has 88 valence electrons. The summed E-state index contributed by atoms with van der Waals surface area (Å²) in [6.45, 7) is 6.31. The van der Waals surface area contributed by atoms with Gasteiger partial charge in [-0.05, 0) is 41.4 Å². The van der Waals surface area contributed by atoms with Crippen LogP contribution in [0.5, 0.6) is 0 Å². The molecule has 4 heteroatoms. The molecule has 1 saturated heterocycles. The van der Waals surface area contributed by atoms with Crippen LogP contribution in [-0.2, 0) is 6.54 Å². The Labute approximate surface area is 105 Å². The van der Waals surface area contributed by atoms with E-state index in [4.69, 9.17) is 0 Å². The van der Waals surface area contributed by atoms with Gasteiger partial charge in [-0.25, -0.2) is 4.98 Å². The number of nitrogens with zero attached hydrogens (tertiary/aromatic N) is 2. The lowest BCUT2D eigenvalue weighted by atomic mass is 10.2. The van der Waals surface area contributed by atoms with E-state index in [2.05, 4.69) is 44.1 Å². The van der Waals surface area contributed by atoms with Gasteiger partial charge in [0.1, 0.15) is 5.82 Å². The zero-order valence-corrected chi connectivity index (χ0v) is 11.3. The van der Waals surface area contributed by atoms with Crippen molar-refractivity contribution in [2.75, 3.05) is 24.5 Å². The van der Waals surface area contributed by atoms with Crippen LogP contribution in [0, 0.1) is 0 Å². The molecular formula is C12H18BrN3. The highest BCUT2D eigenvalue weighted by Gasteiger charge is 2.16. The number of hydrogen-bond donors (Lipinski definition) is 1. The molecule has 0 aliphatic carbocycles. The molecule has 0 atom stereocenters. The van der Waals surface area contributed by atoms with Crippen molar-refractivity contribution in [3.63, 3.8) is 0 Å². The smallest absolute Gasteiger partial charge is 0.133 e. The number of anilines is 1. The van der Waals surface area contributed by atoms with E-state index >= 15 is 0 Å². The summed E-state index contributed by atoms with van der Waals surface area (Å²) in [4.78, 5) is 6.94. The number of pyridine rings is 1. The molecule has 0 amide bonds. The van der Waals surface area contributed by atoms with E-state index in [1.54, 1.807) is 0 Å². The number of nitrogens with one attached hydrogen (secondary N) is 1. The highest BCUT2D eigenvalue weighted by molar-refractivity contribution is 9.10. The third-order valence-electron chi connectivity index (χ3n) is 2.88. The molecule has 0 spiro atoms. The maximum Gasteiger partial charge on any atom is 0.133 e. The highest BCUT2D eigenvalue weighted by atomic mass is 79.9. The molecule has 0 aromatic carbocycles. The molecule has 2 rings (SSSR count). The summed E-state index contributed by atoms with van der Waals surface area (Å²) in [5.41, 5.74) is 1.29. The lowest BCUT2D eigenvalue weighted by Crippen LogP contribution is -2.23. The molecule has 2 heterocycles. The van der Waals surface area contributed by atoms with E-state index in [1.165, 1.54) is 18.4 Å². The van der Waals surface area contributed by atoms with Gasteiger partial charge in [-0.3, -0.25) is 0 Å². The quantitative estimate of drug-likeness (QED) is 0.921. The van der Waals surface area contributed by atoms with Crippen molar-refractivity contribution in [3.8, 4) is 0 Å². The van der Waals surface area contributed by atoms with E-state index in [0.717, 1.165) is 36.5 Å². The average molecular weight is 284 g/mol. The van der Waals surface area contributed by atoms with E-state index in [0.29, 0.717) is 0 Å². The Kier molecular flexibility index (Phi) is 4.18. The van der Waals surface area contributed by atoms with Crippen molar-refractivity contribution in [2.24, 2.45) is 0 Å². The van der Waals surface area contributed by atoms with Gasteiger partial charge in [-0.2, -0.15) is 0 Å². The Bertz CT molecular complexity index is 348. The van der Waals surface area contributed by atoms with E-state index < -0.39 is 0 Å². The molecule has 16 heavy (non-hydrogen) atoms. The summed E-state index contributed by atoms with van der Waals surface area (Å²) in [6, 6.07) is 2.17. The summed E-state index contributed by atoms with van der Waals surface area (Å²) in [6.07, 6.45) is 4.47. The fourth-order valence-corrected chi connectivity index (χ4v) is 2.46. The van der Waals surface area contributed by atoms with Crippen LogP contribution in [0.4, 0.5) is 5.82 Å². The van der Waals surface area contributed by atoms with Gasteiger partial charge < -0.3 is 10.2 Å². The lowest BCUT2D eigenvalue weighted by Gasteiger charge is -2.20. The van der Waals surface area contributed by atoms with Crippen molar-refractivity contribution >= 4 is 21.7 Å². The Morgan fingerprint density at radius 2 is 2.19 bits per heavy atom. The predicted molar refractivity (Wildman–Crippen MR) is 70.8 cm³/mol. The minimum Gasteiger partial charge on any atom is -0.356 e. The van der Waals surface area contributed by atoms with Crippen molar-refractivity contribution in [1.82, 2.24) is 10.3 Å². The van der Waals surface area contributed by atoms with E-state index in [-0.39, 0.29) is 0 Å². The van der Waals surface area contributed by atoms with Crippen LogP contribution in [0.25, 0.3) is 0 Å². The summed E-state index contributed by atoms with van der Waals surface area (Å²) in [7, 11) is 0. The van der Waals surface area contributed by atoms with Gasteiger partial charge in [0, 0.05) is 35.9 Å². The molecule has 1 N–H and O–H groups in total. The first-order valence-corrected chi connectivity index (χ1v) is 6.70. The number of rotatable bonds is 4.